The van der Waals surface area contributed by atoms with Gasteiger partial charge in [-0.3, -0.25) is 14.4 Å². The van der Waals surface area contributed by atoms with E-state index < -0.39 is 23.5 Å². The van der Waals surface area contributed by atoms with E-state index in [9.17, 15) is 19.9 Å². The van der Waals surface area contributed by atoms with Crippen LogP contribution >= 0.6 is 0 Å². The first kappa shape index (κ1) is 19.2. The van der Waals surface area contributed by atoms with Crippen LogP contribution in [0.15, 0.2) is 16.8 Å². The molecule has 0 spiro atoms. The summed E-state index contributed by atoms with van der Waals surface area (Å²) in [7, 11) is 0. The molecule has 0 bridgehead atoms. The van der Waals surface area contributed by atoms with Gasteiger partial charge in [-0.2, -0.15) is 0 Å². The van der Waals surface area contributed by atoms with Gasteiger partial charge in [0, 0.05) is 36.0 Å². The number of azide groups is 1. The molecule has 7 heteroatoms. The Labute approximate surface area is 164 Å². The topological polar surface area (TPSA) is 109 Å². The third-order valence-corrected chi connectivity index (χ3v) is 8.21. The molecule has 4 rings (SSSR count). The predicted molar refractivity (Wildman–Crippen MR) is 101 cm³/mol. The third-order valence-electron chi connectivity index (χ3n) is 8.21. The van der Waals surface area contributed by atoms with Crippen LogP contribution in [0.5, 0.6) is 0 Å². The van der Waals surface area contributed by atoms with Crippen LogP contribution in [0.3, 0.4) is 0 Å². The highest BCUT2D eigenvalue weighted by molar-refractivity contribution is 5.92. The summed E-state index contributed by atoms with van der Waals surface area (Å²) in [4.78, 5) is 39.9. The van der Waals surface area contributed by atoms with E-state index in [1.54, 1.807) is 6.08 Å². The van der Waals surface area contributed by atoms with Gasteiger partial charge in [0.25, 0.3) is 0 Å². The lowest BCUT2D eigenvalue weighted by molar-refractivity contribution is -0.168. The van der Waals surface area contributed by atoms with Crippen LogP contribution in [0, 0.1) is 28.6 Å². The summed E-state index contributed by atoms with van der Waals surface area (Å²) in [5.41, 5.74) is 9.37. The Morgan fingerprint density at radius 3 is 2.57 bits per heavy atom. The van der Waals surface area contributed by atoms with E-state index in [0.29, 0.717) is 25.0 Å². The molecule has 0 aromatic rings. The first-order valence-electron chi connectivity index (χ1n) is 10.2. The molecule has 0 heterocycles. The molecule has 0 aromatic carbocycles. The Morgan fingerprint density at radius 1 is 1.18 bits per heavy atom. The fourth-order valence-electron chi connectivity index (χ4n) is 6.84. The number of Topliss-reactive ketones (excluding diaryl/α,β-unsaturated/α-hetero) is 1. The number of hydrogen-bond donors (Lipinski definition) is 0. The smallest absolute Gasteiger partial charge is 0.302 e. The van der Waals surface area contributed by atoms with Crippen molar-refractivity contribution >= 4 is 17.5 Å². The number of carbonyl (C=O) groups is 3. The van der Waals surface area contributed by atoms with Crippen molar-refractivity contribution in [1.82, 2.24) is 0 Å². The number of hydrogen-bond acceptors (Lipinski definition) is 5. The van der Waals surface area contributed by atoms with Gasteiger partial charge in [-0.15, -0.1) is 0 Å². The maximum absolute atomic E-state index is 12.7. The average Bonchev–Trinajstić information content (AvgIpc) is 2.94. The summed E-state index contributed by atoms with van der Waals surface area (Å²) in [5, 5.41) is 4.03. The number of ether oxygens (including phenoxy) is 1. The summed E-state index contributed by atoms with van der Waals surface area (Å²) in [6.07, 6.45) is 5.21. The Kier molecular flexibility index (Phi) is 4.42. The zero-order valence-electron chi connectivity index (χ0n) is 16.7. The van der Waals surface area contributed by atoms with Gasteiger partial charge in [0.2, 0.25) is 0 Å². The van der Waals surface area contributed by atoms with E-state index in [4.69, 9.17) is 4.74 Å². The van der Waals surface area contributed by atoms with Gasteiger partial charge in [0.1, 0.15) is 11.9 Å². The molecule has 0 N–H and O–H groups in total. The van der Waals surface area contributed by atoms with Crippen molar-refractivity contribution in [3.05, 3.63) is 22.1 Å². The second kappa shape index (κ2) is 6.45. The lowest BCUT2D eigenvalue weighted by Gasteiger charge is -2.60. The third kappa shape index (κ3) is 2.55. The van der Waals surface area contributed by atoms with Crippen LogP contribution in [0.2, 0.25) is 0 Å². The van der Waals surface area contributed by atoms with Crippen molar-refractivity contribution < 1.29 is 19.1 Å². The molecule has 28 heavy (non-hydrogen) atoms. The lowest BCUT2D eigenvalue weighted by atomic mass is 9.46. The lowest BCUT2D eigenvalue weighted by Crippen LogP contribution is -2.60. The second-order valence-electron chi connectivity index (χ2n) is 9.42. The predicted octanol–water partition coefficient (Wildman–Crippen LogP) is 3.92. The van der Waals surface area contributed by atoms with Crippen LogP contribution in [-0.4, -0.2) is 29.7 Å². The molecule has 0 saturated heterocycles. The number of nitrogens with zero attached hydrogens (tertiary/aromatic N) is 3. The minimum atomic E-state index is -0.692. The highest BCUT2D eigenvalue weighted by Gasteiger charge is 2.64. The van der Waals surface area contributed by atoms with Crippen LogP contribution in [-0.2, 0) is 19.1 Å². The van der Waals surface area contributed by atoms with E-state index in [1.807, 2.05) is 0 Å². The number of fused-ring (bicyclic) bond motifs is 5. The SMILES string of the molecule is CC(=O)O[C@H]1[C@@H]2[C@H](CC[C@]3(C)C(=O)CC[C@@H]23)[C@@]2(C)CCC(=O)C=C2[C@@H]1N=[N+]=[N-]. The molecule has 4 aliphatic rings. The first-order chi connectivity index (χ1) is 13.2. The molecule has 0 aromatic heterocycles. The van der Waals surface area contributed by atoms with Crippen LogP contribution in [0.1, 0.15) is 59.3 Å². The van der Waals surface area contributed by atoms with E-state index in [0.717, 1.165) is 24.8 Å². The summed E-state index contributed by atoms with van der Waals surface area (Å²) >= 11 is 0. The van der Waals surface area contributed by atoms with Crippen molar-refractivity contribution in [2.75, 3.05) is 0 Å². The Hall–Kier alpha value is -2.14. The second-order valence-corrected chi connectivity index (χ2v) is 9.42. The summed E-state index contributed by atoms with van der Waals surface area (Å²) in [5.74, 6) is 0.163. The van der Waals surface area contributed by atoms with Gasteiger partial charge >= 0.3 is 5.97 Å². The minimum absolute atomic E-state index is 0.0299. The minimum Gasteiger partial charge on any atom is -0.461 e. The van der Waals surface area contributed by atoms with Gasteiger partial charge in [-0.25, -0.2) is 0 Å². The van der Waals surface area contributed by atoms with Crippen molar-refractivity contribution in [3.63, 3.8) is 0 Å². The molecular formula is C21H27N3O4. The molecule has 7 atom stereocenters. The number of rotatable bonds is 2. The summed E-state index contributed by atoms with van der Waals surface area (Å²) in [6, 6.07) is -0.692. The quantitative estimate of drug-likeness (QED) is 0.310. The normalized spacial score (nSPS) is 44.5. The van der Waals surface area contributed by atoms with Crippen LogP contribution in [0.25, 0.3) is 10.4 Å². The molecule has 150 valence electrons. The molecule has 3 saturated carbocycles. The molecule has 4 aliphatic carbocycles. The Morgan fingerprint density at radius 2 is 1.89 bits per heavy atom. The fraction of sp³-hybridized carbons (Fsp3) is 0.762. The van der Waals surface area contributed by atoms with Gasteiger partial charge in [0.15, 0.2) is 5.78 Å². The molecule has 0 radical (unpaired) electrons. The van der Waals surface area contributed by atoms with Crippen molar-refractivity contribution in [1.29, 1.82) is 0 Å². The number of ketones is 2. The van der Waals surface area contributed by atoms with E-state index in [1.165, 1.54) is 6.92 Å². The van der Waals surface area contributed by atoms with E-state index in [2.05, 4.69) is 23.9 Å². The number of carbonyl (C=O) groups excluding carboxylic acids is 3. The summed E-state index contributed by atoms with van der Waals surface area (Å²) in [6.45, 7) is 5.57. The van der Waals surface area contributed by atoms with Gasteiger partial charge in [-0.1, -0.05) is 19.0 Å². The summed E-state index contributed by atoms with van der Waals surface area (Å²) < 4.78 is 5.78. The number of esters is 1. The molecule has 0 amide bonds. The first-order valence-corrected chi connectivity index (χ1v) is 10.2. The molecule has 0 unspecified atom stereocenters. The van der Waals surface area contributed by atoms with Crippen LogP contribution in [0.4, 0.5) is 0 Å². The van der Waals surface area contributed by atoms with E-state index >= 15 is 0 Å². The molecule has 0 aliphatic heterocycles. The van der Waals surface area contributed by atoms with Crippen molar-refractivity contribution in [2.45, 2.75) is 71.4 Å². The largest absolute Gasteiger partial charge is 0.461 e. The van der Waals surface area contributed by atoms with Crippen molar-refractivity contribution in [3.8, 4) is 0 Å². The zero-order chi connectivity index (χ0) is 20.3. The van der Waals surface area contributed by atoms with E-state index in [-0.39, 0.29) is 29.0 Å². The van der Waals surface area contributed by atoms with Gasteiger partial charge in [0.05, 0.1) is 6.04 Å². The van der Waals surface area contributed by atoms with Crippen LogP contribution < -0.4 is 0 Å². The molecular weight excluding hydrogens is 358 g/mol. The van der Waals surface area contributed by atoms with Gasteiger partial charge in [-0.05, 0) is 60.1 Å². The highest BCUT2D eigenvalue weighted by atomic mass is 16.5. The van der Waals surface area contributed by atoms with Gasteiger partial charge < -0.3 is 4.74 Å². The Balaban J connectivity index is 1.89. The Bertz CT molecular complexity index is 830. The maximum atomic E-state index is 12.7. The highest BCUT2D eigenvalue weighted by Crippen LogP contribution is 2.65. The zero-order valence-corrected chi connectivity index (χ0v) is 16.7. The maximum Gasteiger partial charge on any atom is 0.302 e. The monoisotopic (exact) mass is 385 g/mol. The molecule has 3 fully saturated rings. The standard InChI is InChI=1S/C21H27N3O4/c1-11(25)28-19-17-13-4-5-16(27)21(13,3)9-7-14(17)20(2)8-6-12(26)10-15(20)18(19)23-24-22/h10,13-14,17-19H,4-9H2,1-3H3/t13-,14-,17-,18-,19-,20+,21-/m0/s1. The average molecular weight is 385 g/mol. The van der Waals surface area contributed by atoms with Crippen molar-refractivity contribution in [2.24, 2.45) is 33.7 Å². The molecule has 7 nitrogen and oxygen atoms in total. The fourth-order valence-corrected chi connectivity index (χ4v) is 6.84.